The molecule has 0 N–H and O–H groups in total. The van der Waals surface area contributed by atoms with E-state index >= 15 is 0 Å². The number of hydrogen-bond donors (Lipinski definition) is 0. The molecule has 0 saturated heterocycles. The summed E-state index contributed by atoms with van der Waals surface area (Å²) in [6, 6.07) is 30.1. The molecule has 0 fully saturated rings. The molecule has 6 amide bonds. The van der Waals surface area contributed by atoms with Gasteiger partial charge >= 0.3 is 12.1 Å². The van der Waals surface area contributed by atoms with Crippen LogP contribution in [0.25, 0.3) is 33.2 Å². The predicted molar refractivity (Wildman–Crippen MR) is 189 cm³/mol. The highest BCUT2D eigenvalue weighted by Gasteiger charge is 2.43. The zero-order chi connectivity index (χ0) is 37.2. The van der Waals surface area contributed by atoms with E-state index in [0.717, 1.165) is 29.4 Å². The van der Waals surface area contributed by atoms with Crippen molar-refractivity contribution in [2.24, 2.45) is 0 Å². The zero-order valence-corrected chi connectivity index (χ0v) is 28.1. The van der Waals surface area contributed by atoms with Gasteiger partial charge in [-0.25, -0.2) is 19.6 Å². The molecule has 0 unspecified atom stereocenters. The van der Waals surface area contributed by atoms with Crippen molar-refractivity contribution in [2.75, 3.05) is 7.05 Å². The third kappa shape index (κ3) is 4.85. The Bertz CT molecular complexity index is 2720. The van der Waals surface area contributed by atoms with Crippen LogP contribution in [0.3, 0.4) is 0 Å². The van der Waals surface area contributed by atoms with Crippen LogP contribution in [0.5, 0.6) is 0 Å². The van der Waals surface area contributed by atoms with Crippen LogP contribution in [0.4, 0.5) is 9.59 Å². The lowest BCUT2D eigenvalue weighted by molar-refractivity contribution is 0.0150. The number of para-hydroxylation sites is 1. The fraction of sp³-hybridized carbons (Fsp3) is 0.0526. The minimum absolute atomic E-state index is 0.166. The highest BCUT2D eigenvalue weighted by Crippen LogP contribution is 2.30. The van der Waals surface area contributed by atoms with Crippen molar-refractivity contribution in [3.8, 4) is 11.1 Å². The van der Waals surface area contributed by atoms with Crippen molar-refractivity contribution in [2.45, 2.75) is 6.54 Å². The SMILES string of the molecule is CN(C(=O)n1nnc2ccc(-c3cccc(CN(C(=O)n4nnc5ccccc54)N4C(=O)c5ccccc5C4=O)c3)cc21)N1C(=O)c2ccccc2C1=O. The minimum atomic E-state index is -0.798. The van der Waals surface area contributed by atoms with Crippen molar-refractivity contribution in [3.05, 3.63) is 143 Å². The molecule has 54 heavy (non-hydrogen) atoms. The molecule has 2 aliphatic rings. The Kier molecular flexibility index (Phi) is 7.20. The Balaban J connectivity index is 1.05. The summed E-state index contributed by atoms with van der Waals surface area (Å²) in [4.78, 5) is 81.4. The number of aromatic nitrogens is 6. The van der Waals surface area contributed by atoms with Crippen LogP contribution in [-0.2, 0) is 6.54 Å². The van der Waals surface area contributed by atoms with Crippen molar-refractivity contribution in [1.82, 2.24) is 50.0 Å². The van der Waals surface area contributed by atoms with E-state index in [1.807, 2.05) is 6.07 Å². The second-order valence-electron chi connectivity index (χ2n) is 12.5. The minimum Gasteiger partial charge on any atom is -0.267 e. The number of fused-ring (bicyclic) bond motifs is 4. The van der Waals surface area contributed by atoms with E-state index < -0.39 is 35.7 Å². The number of hydrazine groups is 2. The van der Waals surface area contributed by atoms with Crippen LogP contribution in [-0.4, -0.2) is 92.8 Å². The van der Waals surface area contributed by atoms with Crippen LogP contribution >= 0.6 is 0 Å². The maximum absolute atomic E-state index is 14.2. The van der Waals surface area contributed by atoms with Gasteiger partial charge in [0.15, 0.2) is 0 Å². The number of nitrogens with zero attached hydrogens (tertiary/aromatic N) is 10. The fourth-order valence-electron chi connectivity index (χ4n) is 6.67. The summed E-state index contributed by atoms with van der Waals surface area (Å²) in [6.45, 7) is -0.211. The van der Waals surface area contributed by atoms with Gasteiger partial charge in [0, 0.05) is 7.05 Å². The van der Waals surface area contributed by atoms with Gasteiger partial charge in [-0.05, 0) is 71.3 Å². The standard InChI is InChI=1S/C38H24N10O6/c1-43(47-33(49)25-11-2-3-12-26(25)34(47)50)37(53)46-32-20-24(17-18-30(32)40-42-46)23-10-8-9-22(19-23)21-44(38(54)45-31-16-7-6-15-29(31)39-41-45)48-35(51)27-13-4-5-14-28(27)36(48)52/h2-20H,21H2,1H3. The summed E-state index contributed by atoms with van der Waals surface area (Å²) in [7, 11) is 1.30. The lowest BCUT2D eigenvalue weighted by atomic mass is 10.0. The van der Waals surface area contributed by atoms with Crippen molar-refractivity contribution in [1.29, 1.82) is 0 Å². The molecule has 0 aliphatic carbocycles. The van der Waals surface area contributed by atoms with Crippen LogP contribution in [0, 0.1) is 0 Å². The Labute approximate surface area is 303 Å². The Morgan fingerprint density at radius 1 is 0.537 bits per heavy atom. The average molecular weight is 717 g/mol. The van der Waals surface area contributed by atoms with Gasteiger partial charge < -0.3 is 0 Å². The third-order valence-electron chi connectivity index (χ3n) is 9.34. The zero-order valence-electron chi connectivity index (χ0n) is 28.1. The lowest BCUT2D eigenvalue weighted by Crippen LogP contribution is -2.50. The van der Waals surface area contributed by atoms with E-state index in [4.69, 9.17) is 0 Å². The fourth-order valence-corrected chi connectivity index (χ4v) is 6.67. The second-order valence-corrected chi connectivity index (χ2v) is 12.5. The van der Waals surface area contributed by atoms with E-state index in [1.165, 1.54) is 31.3 Å². The van der Waals surface area contributed by atoms with Gasteiger partial charge in [0.2, 0.25) is 0 Å². The molecule has 16 nitrogen and oxygen atoms in total. The molecule has 4 heterocycles. The molecular formula is C38H24N10O6. The van der Waals surface area contributed by atoms with E-state index in [0.29, 0.717) is 38.8 Å². The largest absolute Gasteiger partial charge is 0.366 e. The van der Waals surface area contributed by atoms with Crippen molar-refractivity contribution >= 4 is 57.8 Å². The maximum atomic E-state index is 14.2. The molecule has 0 atom stereocenters. The molecule has 9 rings (SSSR count). The molecule has 0 bridgehead atoms. The monoisotopic (exact) mass is 716 g/mol. The Hall–Kier alpha value is -7.88. The number of amides is 6. The second kappa shape index (κ2) is 12.1. The van der Waals surface area contributed by atoms with Crippen LogP contribution in [0.2, 0.25) is 0 Å². The summed E-state index contributed by atoms with van der Waals surface area (Å²) >= 11 is 0. The molecule has 262 valence electrons. The van der Waals surface area contributed by atoms with Gasteiger partial charge in [-0.1, -0.05) is 71.1 Å². The quantitative estimate of drug-likeness (QED) is 0.228. The predicted octanol–water partition coefficient (Wildman–Crippen LogP) is 4.64. The van der Waals surface area contributed by atoms with Gasteiger partial charge in [0.1, 0.15) is 16.6 Å². The highest BCUT2D eigenvalue weighted by molar-refractivity contribution is 6.22. The van der Waals surface area contributed by atoms with Gasteiger partial charge in [-0.2, -0.15) is 19.4 Å². The molecular weight excluding hydrogens is 692 g/mol. The lowest BCUT2D eigenvalue weighted by Gasteiger charge is -2.29. The van der Waals surface area contributed by atoms with Gasteiger partial charge in [-0.3, -0.25) is 19.2 Å². The molecule has 7 aromatic rings. The van der Waals surface area contributed by atoms with Crippen LogP contribution < -0.4 is 0 Å². The first-order valence-electron chi connectivity index (χ1n) is 16.5. The summed E-state index contributed by atoms with van der Waals surface area (Å²) in [5.74, 6) is -2.60. The topological polar surface area (TPSA) is 177 Å². The molecule has 0 radical (unpaired) electrons. The Morgan fingerprint density at radius 2 is 1.06 bits per heavy atom. The summed E-state index contributed by atoms with van der Waals surface area (Å²) in [5.41, 5.74) is 4.06. The van der Waals surface area contributed by atoms with E-state index in [2.05, 4.69) is 20.6 Å². The first kappa shape index (κ1) is 32.1. The molecule has 16 heteroatoms. The van der Waals surface area contributed by atoms with Crippen LogP contribution in [0.15, 0.2) is 115 Å². The Morgan fingerprint density at radius 3 is 1.69 bits per heavy atom. The van der Waals surface area contributed by atoms with Gasteiger partial charge in [0.05, 0.1) is 34.3 Å². The summed E-state index contributed by atoms with van der Waals surface area (Å²) in [6.07, 6.45) is 0. The highest BCUT2D eigenvalue weighted by atomic mass is 16.2. The van der Waals surface area contributed by atoms with Gasteiger partial charge in [0.25, 0.3) is 23.6 Å². The van der Waals surface area contributed by atoms with Crippen molar-refractivity contribution < 1.29 is 28.8 Å². The average Bonchev–Trinajstić information content (AvgIpc) is 3.95. The number of imide groups is 2. The van der Waals surface area contributed by atoms with E-state index in [1.54, 1.807) is 84.9 Å². The maximum Gasteiger partial charge on any atom is 0.366 e. The third-order valence-corrected chi connectivity index (χ3v) is 9.34. The first-order valence-corrected chi connectivity index (χ1v) is 16.5. The summed E-state index contributed by atoms with van der Waals surface area (Å²) < 4.78 is 2.04. The molecule has 0 saturated carbocycles. The van der Waals surface area contributed by atoms with Crippen molar-refractivity contribution in [3.63, 3.8) is 0 Å². The van der Waals surface area contributed by atoms with E-state index in [-0.39, 0.29) is 28.8 Å². The number of carbonyl (C=O) groups is 6. The number of rotatable bonds is 5. The van der Waals surface area contributed by atoms with Crippen LogP contribution in [0.1, 0.15) is 47.0 Å². The smallest absolute Gasteiger partial charge is 0.267 e. The molecule has 2 aromatic heterocycles. The molecule has 2 aliphatic heterocycles. The number of hydrogen-bond acceptors (Lipinski definition) is 10. The van der Waals surface area contributed by atoms with Gasteiger partial charge in [-0.15, -0.1) is 10.2 Å². The first-order chi connectivity index (χ1) is 26.2. The molecule has 5 aromatic carbocycles. The number of benzene rings is 5. The van der Waals surface area contributed by atoms with E-state index in [9.17, 15) is 28.8 Å². The normalized spacial score (nSPS) is 13.6. The molecule has 0 spiro atoms. The summed E-state index contributed by atoms with van der Waals surface area (Å²) in [5, 5.41) is 19.8. The number of carbonyl (C=O) groups excluding carboxylic acids is 6.